The van der Waals surface area contributed by atoms with E-state index in [0.29, 0.717) is 17.7 Å². The zero-order valence-corrected chi connectivity index (χ0v) is 24.1. The van der Waals surface area contributed by atoms with Crippen LogP contribution in [-0.2, 0) is 19.3 Å². The lowest BCUT2D eigenvalue weighted by Crippen LogP contribution is -2.32. The monoisotopic (exact) mass is 534 g/mol. The minimum absolute atomic E-state index is 0.142. The van der Waals surface area contributed by atoms with Crippen LogP contribution in [-0.4, -0.2) is 47.8 Å². The summed E-state index contributed by atoms with van der Waals surface area (Å²) in [5.41, 5.74) is 10.1. The lowest BCUT2D eigenvalue weighted by molar-refractivity contribution is 0.0650. The summed E-state index contributed by atoms with van der Waals surface area (Å²) in [7, 11) is 0. The Morgan fingerprint density at radius 1 is 0.725 bits per heavy atom. The molecular formula is C36H42N2O2. The molecule has 0 bridgehead atoms. The number of aryl methyl sites for hydroxylation is 2. The van der Waals surface area contributed by atoms with Crippen molar-refractivity contribution in [3.63, 3.8) is 0 Å². The molecule has 0 atom stereocenters. The number of imide groups is 1. The van der Waals surface area contributed by atoms with Crippen molar-refractivity contribution in [3.8, 4) is 0 Å². The van der Waals surface area contributed by atoms with Crippen LogP contribution >= 0.6 is 0 Å². The molecule has 208 valence electrons. The summed E-state index contributed by atoms with van der Waals surface area (Å²) in [4.78, 5) is 28.9. The Kier molecular flexibility index (Phi) is 9.28. The fourth-order valence-electron chi connectivity index (χ4n) is 6.28. The van der Waals surface area contributed by atoms with Gasteiger partial charge in [-0.05, 0) is 110 Å². The quantitative estimate of drug-likeness (QED) is 0.236. The van der Waals surface area contributed by atoms with E-state index in [4.69, 9.17) is 0 Å². The standard InChI is InChI=1S/C28H32N2O2.C8H10/c1-20-23-9-3-2-8-21(23)12-13-24(20)22-14-18-29(19-15-22)16-6-7-17-30-27(31)25-10-4-5-11-26(25)28(30)32;1-2-8-6-4-3-5-7-8/h4-5,10-14H,2-3,6-9,15-19H2,1H3;3-7H,2H2,1H3. The lowest BCUT2D eigenvalue weighted by Gasteiger charge is -2.28. The van der Waals surface area contributed by atoms with Crippen LogP contribution in [0.5, 0.6) is 0 Å². The molecule has 0 N–H and O–H groups in total. The maximum Gasteiger partial charge on any atom is 0.261 e. The van der Waals surface area contributed by atoms with E-state index in [2.05, 4.69) is 61.2 Å². The van der Waals surface area contributed by atoms with Gasteiger partial charge in [0.1, 0.15) is 0 Å². The second-order valence-corrected chi connectivity index (χ2v) is 11.2. The molecule has 4 nitrogen and oxygen atoms in total. The molecule has 0 radical (unpaired) electrons. The van der Waals surface area contributed by atoms with Gasteiger partial charge in [-0.3, -0.25) is 19.4 Å². The van der Waals surface area contributed by atoms with E-state index in [1.54, 1.807) is 23.3 Å². The van der Waals surface area contributed by atoms with Crippen LogP contribution < -0.4 is 0 Å². The molecule has 1 aliphatic carbocycles. The maximum atomic E-state index is 12.5. The summed E-state index contributed by atoms with van der Waals surface area (Å²) in [5, 5.41) is 0. The smallest absolute Gasteiger partial charge is 0.261 e. The summed E-state index contributed by atoms with van der Waals surface area (Å²) in [6.07, 6.45) is 11.6. The summed E-state index contributed by atoms with van der Waals surface area (Å²) in [6.45, 7) is 8.06. The van der Waals surface area contributed by atoms with Crippen LogP contribution in [0.3, 0.4) is 0 Å². The molecule has 2 heterocycles. The molecule has 2 amide bonds. The molecule has 0 saturated heterocycles. The number of hydrogen-bond acceptors (Lipinski definition) is 3. The van der Waals surface area contributed by atoms with Gasteiger partial charge in [-0.25, -0.2) is 0 Å². The second-order valence-electron chi connectivity index (χ2n) is 11.2. The van der Waals surface area contributed by atoms with Crippen molar-refractivity contribution in [2.45, 2.75) is 65.2 Å². The van der Waals surface area contributed by atoms with Crippen LogP contribution in [0.1, 0.15) is 87.6 Å². The predicted octanol–water partition coefficient (Wildman–Crippen LogP) is 7.29. The van der Waals surface area contributed by atoms with Crippen LogP contribution in [0.15, 0.2) is 72.8 Å². The maximum absolute atomic E-state index is 12.5. The highest BCUT2D eigenvalue weighted by Gasteiger charge is 2.34. The van der Waals surface area contributed by atoms with Gasteiger partial charge < -0.3 is 0 Å². The molecular weight excluding hydrogens is 492 g/mol. The number of carbonyl (C=O) groups excluding carboxylic acids is 2. The first-order valence-electron chi connectivity index (χ1n) is 15.1. The van der Waals surface area contributed by atoms with Crippen LogP contribution in [0.4, 0.5) is 0 Å². The molecule has 0 fully saturated rings. The number of rotatable bonds is 7. The van der Waals surface area contributed by atoms with E-state index in [1.807, 2.05) is 18.2 Å². The minimum Gasteiger partial charge on any atom is -0.299 e. The zero-order chi connectivity index (χ0) is 27.9. The number of fused-ring (bicyclic) bond motifs is 2. The van der Waals surface area contributed by atoms with Crippen molar-refractivity contribution in [2.75, 3.05) is 26.2 Å². The number of carbonyl (C=O) groups is 2. The largest absolute Gasteiger partial charge is 0.299 e. The molecule has 0 saturated carbocycles. The Morgan fingerprint density at radius 3 is 2.05 bits per heavy atom. The van der Waals surface area contributed by atoms with Gasteiger partial charge in [0.15, 0.2) is 0 Å². The van der Waals surface area contributed by atoms with Crippen molar-refractivity contribution < 1.29 is 9.59 Å². The summed E-state index contributed by atoms with van der Waals surface area (Å²) in [5.74, 6) is -0.284. The van der Waals surface area contributed by atoms with E-state index in [0.717, 1.165) is 45.3 Å². The highest BCUT2D eigenvalue weighted by molar-refractivity contribution is 6.21. The van der Waals surface area contributed by atoms with Crippen molar-refractivity contribution >= 4 is 17.4 Å². The molecule has 0 unspecified atom stereocenters. The molecule has 6 rings (SSSR count). The van der Waals surface area contributed by atoms with Crippen LogP contribution in [0, 0.1) is 6.92 Å². The van der Waals surface area contributed by atoms with Gasteiger partial charge in [0.25, 0.3) is 11.8 Å². The third kappa shape index (κ3) is 6.28. The number of amides is 2. The van der Waals surface area contributed by atoms with Gasteiger partial charge in [0.2, 0.25) is 0 Å². The van der Waals surface area contributed by atoms with E-state index in [1.165, 1.54) is 52.8 Å². The summed E-state index contributed by atoms with van der Waals surface area (Å²) >= 11 is 0. The number of unbranched alkanes of at least 4 members (excludes halogenated alkanes) is 1. The Balaban J connectivity index is 0.000000348. The van der Waals surface area contributed by atoms with Crippen LogP contribution in [0.2, 0.25) is 0 Å². The average Bonchev–Trinajstić information content (AvgIpc) is 3.25. The first-order valence-corrected chi connectivity index (χ1v) is 15.1. The predicted molar refractivity (Wildman–Crippen MR) is 164 cm³/mol. The number of nitrogens with zero attached hydrogens (tertiary/aromatic N) is 2. The molecule has 0 aromatic heterocycles. The third-order valence-corrected chi connectivity index (χ3v) is 8.69. The molecule has 3 aromatic carbocycles. The molecule has 0 spiro atoms. The van der Waals surface area contributed by atoms with Gasteiger partial charge in [-0.1, -0.05) is 67.6 Å². The minimum atomic E-state index is -0.142. The highest BCUT2D eigenvalue weighted by Crippen LogP contribution is 2.32. The molecule has 3 aromatic rings. The first kappa shape index (κ1) is 28.0. The number of hydrogen-bond donors (Lipinski definition) is 0. The second kappa shape index (κ2) is 13.2. The van der Waals surface area contributed by atoms with Crippen molar-refractivity contribution in [1.29, 1.82) is 0 Å². The molecule has 40 heavy (non-hydrogen) atoms. The van der Waals surface area contributed by atoms with E-state index < -0.39 is 0 Å². The SMILES string of the molecule is CCc1ccccc1.Cc1c(C2=CCN(CCCCN3C(=O)c4ccccc4C3=O)CC2)ccc2c1CCCC2. The van der Waals surface area contributed by atoms with Gasteiger partial charge >= 0.3 is 0 Å². The Hall–Kier alpha value is -3.50. The van der Waals surface area contributed by atoms with E-state index in [-0.39, 0.29) is 11.8 Å². The summed E-state index contributed by atoms with van der Waals surface area (Å²) < 4.78 is 0. The normalized spacial score (nSPS) is 16.6. The van der Waals surface area contributed by atoms with Crippen molar-refractivity contribution in [3.05, 3.63) is 112 Å². The molecule has 4 heteroatoms. The Morgan fingerprint density at radius 2 is 1.40 bits per heavy atom. The molecule has 2 aliphatic heterocycles. The van der Waals surface area contributed by atoms with Crippen LogP contribution in [0.25, 0.3) is 5.57 Å². The van der Waals surface area contributed by atoms with Crippen molar-refractivity contribution in [1.82, 2.24) is 9.80 Å². The average molecular weight is 535 g/mol. The summed E-state index contributed by atoms with van der Waals surface area (Å²) in [6, 6.07) is 22.3. The third-order valence-electron chi connectivity index (χ3n) is 8.69. The van der Waals surface area contributed by atoms with Crippen molar-refractivity contribution in [2.24, 2.45) is 0 Å². The molecule has 3 aliphatic rings. The van der Waals surface area contributed by atoms with Gasteiger partial charge in [0, 0.05) is 19.6 Å². The Bertz CT molecular complexity index is 1340. The fourth-order valence-corrected chi connectivity index (χ4v) is 6.28. The zero-order valence-electron chi connectivity index (χ0n) is 24.1. The van der Waals surface area contributed by atoms with Gasteiger partial charge in [0.05, 0.1) is 11.1 Å². The number of benzene rings is 3. The first-order chi connectivity index (χ1) is 19.6. The van der Waals surface area contributed by atoms with Gasteiger partial charge in [-0.2, -0.15) is 0 Å². The fraction of sp³-hybridized carbons (Fsp3) is 0.389. The van der Waals surface area contributed by atoms with Gasteiger partial charge in [-0.15, -0.1) is 0 Å². The highest BCUT2D eigenvalue weighted by atomic mass is 16.2. The lowest BCUT2D eigenvalue weighted by atomic mass is 9.84. The van der Waals surface area contributed by atoms with E-state index in [9.17, 15) is 9.59 Å². The van der Waals surface area contributed by atoms with E-state index >= 15 is 0 Å². The topological polar surface area (TPSA) is 40.6 Å². The Labute approximate surface area is 239 Å².